The largest absolute Gasteiger partial charge is 0.326 e. The van der Waals surface area contributed by atoms with Crippen LogP contribution in [-0.4, -0.2) is 17.7 Å². The second kappa shape index (κ2) is 4.89. The Kier molecular flexibility index (Phi) is 3.51. The number of benzene rings is 1. The minimum atomic E-state index is -0.0326. The molecule has 0 spiro atoms. The van der Waals surface area contributed by atoms with Crippen LogP contribution in [0, 0.1) is 0 Å². The highest BCUT2D eigenvalue weighted by Gasteiger charge is 2.21. The minimum absolute atomic E-state index is 0.0326. The zero-order chi connectivity index (χ0) is 11.5. The van der Waals surface area contributed by atoms with Crippen LogP contribution in [0.15, 0.2) is 24.3 Å². The molecule has 0 aliphatic carbocycles. The van der Waals surface area contributed by atoms with Crippen molar-refractivity contribution in [1.29, 1.82) is 0 Å². The van der Waals surface area contributed by atoms with Crippen LogP contribution in [0.2, 0.25) is 0 Å². The summed E-state index contributed by atoms with van der Waals surface area (Å²) in [7, 11) is 0. The maximum Gasteiger partial charge on any atom is 0.221 e. The maximum atomic E-state index is 10.9. The van der Waals surface area contributed by atoms with E-state index in [1.165, 1.54) is 12.5 Å². The van der Waals surface area contributed by atoms with Gasteiger partial charge >= 0.3 is 0 Å². The summed E-state index contributed by atoms with van der Waals surface area (Å²) >= 11 is 1.92. The first-order valence-corrected chi connectivity index (χ1v) is 6.45. The number of thioether (sulfide) groups is 1. The minimum Gasteiger partial charge on any atom is -0.326 e. The number of amides is 1. The van der Waals surface area contributed by atoms with Gasteiger partial charge in [0.15, 0.2) is 0 Å². The standard InChI is InChI=1S/C12H16N2OS/c1-8-7-16-12(13-8)10-3-5-11(6-4-10)14-9(2)15/h3-6,8,12-13H,7H2,1-2H3,(H,14,15). The van der Waals surface area contributed by atoms with Gasteiger partial charge in [0.05, 0.1) is 5.37 Å². The molecule has 1 aromatic rings. The first kappa shape index (κ1) is 11.5. The Balaban J connectivity index is 2.04. The van der Waals surface area contributed by atoms with E-state index in [4.69, 9.17) is 0 Å². The number of hydrogen-bond donors (Lipinski definition) is 2. The van der Waals surface area contributed by atoms with Crippen molar-refractivity contribution in [2.75, 3.05) is 11.1 Å². The summed E-state index contributed by atoms with van der Waals surface area (Å²) in [6.07, 6.45) is 0. The molecule has 3 nitrogen and oxygen atoms in total. The van der Waals surface area contributed by atoms with Gasteiger partial charge < -0.3 is 5.32 Å². The number of hydrogen-bond acceptors (Lipinski definition) is 3. The predicted molar refractivity (Wildman–Crippen MR) is 68.5 cm³/mol. The molecule has 16 heavy (non-hydrogen) atoms. The van der Waals surface area contributed by atoms with Crippen LogP contribution in [0.5, 0.6) is 0 Å². The third kappa shape index (κ3) is 2.77. The molecule has 1 saturated heterocycles. The summed E-state index contributed by atoms with van der Waals surface area (Å²) in [6.45, 7) is 3.71. The third-order valence-corrected chi connectivity index (χ3v) is 3.92. The molecule has 1 fully saturated rings. The second-order valence-corrected chi connectivity index (χ2v) is 5.22. The molecule has 0 aromatic heterocycles. The third-order valence-electron chi connectivity index (χ3n) is 2.48. The van der Waals surface area contributed by atoms with Crippen molar-refractivity contribution in [2.24, 2.45) is 0 Å². The lowest BCUT2D eigenvalue weighted by atomic mass is 10.2. The first-order chi connectivity index (χ1) is 7.65. The van der Waals surface area contributed by atoms with E-state index in [1.807, 2.05) is 23.9 Å². The first-order valence-electron chi connectivity index (χ1n) is 5.40. The number of nitrogens with one attached hydrogen (secondary N) is 2. The molecule has 0 saturated carbocycles. The van der Waals surface area contributed by atoms with E-state index >= 15 is 0 Å². The van der Waals surface area contributed by atoms with Crippen LogP contribution < -0.4 is 10.6 Å². The molecule has 2 atom stereocenters. The number of anilines is 1. The quantitative estimate of drug-likeness (QED) is 0.828. The molecule has 1 aromatic carbocycles. The summed E-state index contributed by atoms with van der Waals surface area (Å²) in [6, 6.07) is 8.59. The molecule has 1 heterocycles. The van der Waals surface area contributed by atoms with Crippen LogP contribution in [0.3, 0.4) is 0 Å². The lowest BCUT2D eigenvalue weighted by Crippen LogP contribution is -2.21. The SMILES string of the molecule is CC(=O)Nc1ccc(C2NC(C)CS2)cc1. The Morgan fingerprint density at radius 2 is 2.12 bits per heavy atom. The average Bonchev–Trinajstić information content (AvgIpc) is 2.65. The van der Waals surface area contributed by atoms with Gasteiger partial charge in [0.25, 0.3) is 0 Å². The van der Waals surface area contributed by atoms with E-state index in [1.54, 1.807) is 0 Å². The van der Waals surface area contributed by atoms with E-state index in [0.717, 1.165) is 11.4 Å². The van der Waals surface area contributed by atoms with Crippen molar-refractivity contribution in [3.8, 4) is 0 Å². The molecular weight excluding hydrogens is 220 g/mol. The van der Waals surface area contributed by atoms with Crippen LogP contribution in [0.1, 0.15) is 24.8 Å². The van der Waals surface area contributed by atoms with Crippen molar-refractivity contribution >= 4 is 23.4 Å². The highest BCUT2D eigenvalue weighted by atomic mass is 32.2. The number of rotatable bonds is 2. The molecule has 0 radical (unpaired) electrons. The number of carbonyl (C=O) groups excluding carboxylic acids is 1. The Morgan fingerprint density at radius 1 is 1.44 bits per heavy atom. The predicted octanol–water partition coefficient (Wildman–Crippen LogP) is 2.37. The summed E-state index contributed by atoms with van der Waals surface area (Å²) in [4.78, 5) is 10.9. The molecule has 1 amide bonds. The van der Waals surface area contributed by atoms with E-state index < -0.39 is 0 Å². The van der Waals surface area contributed by atoms with Gasteiger partial charge in [-0.1, -0.05) is 12.1 Å². The molecule has 0 bridgehead atoms. The van der Waals surface area contributed by atoms with E-state index in [2.05, 4.69) is 29.7 Å². The van der Waals surface area contributed by atoms with Gasteiger partial charge in [-0.3, -0.25) is 10.1 Å². The highest BCUT2D eigenvalue weighted by molar-refractivity contribution is 7.99. The fraction of sp³-hybridized carbons (Fsp3) is 0.417. The van der Waals surface area contributed by atoms with Crippen molar-refractivity contribution in [1.82, 2.24) is 5.32 Å². The van der Waals surface area contributed by atoms with Gasteiger partial charge in [-0.2, -0.15) is 0 Å². The van der Waals surface area contributed by atoms with Gasteiger partial charge in [0.1, 0.15) is 0 Å². The molecule has 1 aliphatic rings. The normalized spacial score (nSPS) is 24.4. The topological polar surface area (TPSA) is 41.1 Å². The van der Waals surface area contributed by atoms with Gasteiger partial charge in [-0.15, -0.1) is 11.8 Å². The molecular formula is C12H16N2OS. The monoisotopic (exact) mass is 236 g/mol. The Morgan fingerprint density at radius 3 is 2.62 bits per heavy atom. The summed E-state index contributed by atoms with van der Waals surface area (Å²) in [5, 5.41) is 6.66. The van der Waals surface area contributed by atoms with Crippen molar-refractivity contribution < 1.29 is 4.79 Å². The molecule has 2 rings (SSSR count). The Labute approximate surface area is 100.0 Å². The van der Waals surface area contributed by atoms with Crippen molar-refractivity contribution in [2.45, 2.75) is 25.3 Å². The molecule has 1 aliphatic heterocycles. The Bertz CT molecular complexity index is 377. The van der Waals surface area contributed by atoms with Crippen molar-refractivity contribution in [3.63, 3.8) is 0 Å². The van der Waals surface area contributed by atoms with Gasteiger partial charge in [-0.25, -0.2) is 0 Å². The smallest absolute Gasteiger partial charge is 0.221 e. The van der Waals surface area contributed by atoms with Gasteiger partial charge in [0.2, 0.25) is 5.91 Å². The van der Waals surface area contributed by atoms with E-state index in [0.29, 0.717) is 11.4 Å². The van der Waals surface area contributed by atoms with Crippen molar-refractivity contribution in [3.05, 3.63) is 29.8 Å². The lowest BCUT2D eigenvalue weighted by molar-refractivity contribution is -0.114. The van der Waals surface area contributed by atoms with Crippen LogP contribution in [0.25, 0.3) is 0 Å². The zero-order valence-corrected chi connectivity index (χ0v) is 10.3. The zero-order valence-electron chi connectivity index (χ0n) is 9.49. The van der Waals surface area contributed by atoms with Gasteiger partial charge in [0, 0.05) is 24.4 Å². The van der Waals surface area contributed by atoms with Gasteiger partial charge in [-0.05, 0) is 24.6 Å². The molecule has 4 heteroatoms. The Hall–Kier alpha value is -1.00. The van der Waals surface area contributed by atoms with Crippen LogP contribution >= 0.6 is 11.8 Å². The van der Waals surface area contributed by atoms with E-state index in [-0.39, 0.29) is 5.91 Å². The van der Waals surface area contributed by atoms with Crippen LogP contribution in [-0.2, 0) is 4.79 Å². The fourth-order valence-electron chi connectivity index (χ4n) is 1.73. The summed E-state index contributed by atoms with van der Waals surface area (Å²) in [5.74, 6) is 1.12. The second-order valence-electron chi connectivity index (χ2n) is 4.08. The maximum absolute atomic E-state index is 10.9. The highest BCUT2D eigenvalue weighted by Crippen LogP contribution is 2.32. The fourth-order valence-corrected chi connectivity index (χ4v) is 2.99. The summed E-state index contributed by atoms with van der Waals surface area (Å²) < 4.78 is 0. The average molecular weight is 236 g/mol. The molecule has 86 valence electrons. The lowest BCUT2D eigenvalue weighted by Gasteiger charge is -2.11. The molecule has 2 unspecified atom stereocenters. The molecule has 2 N–H and O–H groups in total. The number of carbonyl (C=O) groups is 1. The van der Waals surface area contributed by atoms with E-state index in [9.17, 15) is 4.79 Å². The summed E-state index contributed by atoms with van der Waals surface area (Å²) in [5.41, 5.74) is 2.12. The van der Waals surface area contributed by atoms with Crippen LogP contribution in [0.4, 0.5) is 5.69 Å².